The maximum Gasteiger partial charge on any atom is 0.0542 e. The van der Waals surface area contributed by atoms with Crippen molar-refractivity contribution in [2.75, 3.05) is 31.1 Å². The van der Waals surface area contributed by atoms with Crippen molar-refractivity contribution in [3.05, 3.63) is 65.2 Å². The molecule has 0 aromatic heterocycles. The third kappa shape index (κ3) is 4.62. The van der Waals surface area contributed by atoms with E-state index in [1.54, 1.807) is 0 Å². The molecule has 1 fully saturated rings. The highest BCUT2D eigenvalue weighted by Crippen LogP contribution is 2.22. The average molecular weight is 335 g/mol. The minimum Gasteiger partial charge on any atom is -0.368 e. The van der Waals surface area contributed by atoms with Gasteiger partial charge in [-0.25, -0.2) is 0 Å². The molecular formula is C22H29N3. The van der Waals surface area contributed by atoms with Gasteiger partial charge in [-0.15, -0.1) is 0 Å². The molecule has 1 saturated heterocycles. The second-order valence-corrected chi connectivity index (χ2v) is 7.89. The number of benzene rings is 2. The van der Waals surface area contributed by atoms with E-state index in [1.807, 2.05) is 6.21 Å². The second kappa shape index (κ2) is 7.30. The molecule has 0 saturated carbocycles. The molecule has 3 nitrogen and oxygen atoms in total. The molecule has 0 unspecified atom stereocenters. The summed E-state index contributed by atoms with van der Waals surface area (Å²) >= 11 is 0. The summed E-state index contributed by atoms with van der Waals surface area (Å²) < 4.78 is 0. The fourth-order valence-corrected chi connectivity index (χ4v) is 3.04. The zero-order chi connectivity index (χ0) is 17.9. The van der Waals surface area contributed by atoms with Crippen LogP contribution in [-0.4, -0.2) is 37.4 Å². The standard InChI is InChI=1S/C22H29N3/c1-18-5-11-21(12-6-18)24-13-15-25(16-14-24)23-17-19-7-9-20(10-8-19)22(2,3)4/h5-12,17H,13-16H2,1-4H3. The lowest BCUT2D eigenvalue weighted by atomic mass is 9.87. The van der Waals surface area contributed by atoms with E-state index >= 15 is 0 Å². The molecule has 1 aliphatic heterocycles. The van der Waals surface area contributed by atoms with E-state index < -0.39 is 0 Å². The second-order valence-electron chi connectivity index (χ2n) is 7.89. The Kier molecular flexibility index (Phi) is 5.12. The summed E-state index contributed by atoms with van der Waals surface area (Å²) in [5.41, 5.74) is 5.34. The van der Waals surface area contributed by atoms with Gasteiger partial charge in [0.1, 0.15) is 0 Å². The van der Waals surface area contributed by atoms with Crippen LogP contribution >= 0.6 is 0 Å². The van der Waals surface area contributed by atoms with E-state index in [0.717, 1.165) is 31.7 Å². The van der Waals surface area contributed by atoms with Crippen LogP contribution in [0.15, 0.2) is 53.6 Å². The van der Waals surface area contributed by atoms with Crippen LogP contribution in [0.2, 0.25) is 0 Å². The number of nitrogens with zero attached hydrogens (tertiary/aromatic N) is 3. The number of rotatable bonds is 3. The topological polar surface area (TPSA) is 18.8 Å². The zero-order valence-electron chi connectivity index (χ0n) is 15.9. The molecule has 1 heterocycles. The highest BCUT2D eigenvalue weighted by atomic mass is 15.5. The smallest absolute Gasteiger partial charge is 0.0542 e. The lowest BCUT2D eigenvalue weighted by Gasteiger charge is -2.34. The molecule has 25 heavy (non-hydrogen) atoms. The van der Waals surface area contributed by atoms with Gasteiger partial charge in [0.05, 0.1) is 19.3 Å². The predicted octanol–water partition coefficient (Wildman–Crippen LogP) is 4.45. The van der Waals surface area contributed by atoms with Crippen LogP contribution in [0.5, 0.6) is 0 Å². The minimum atomic E-state index is 0.196. The molecule has 0 radical (unpaired) electrons. The number of anilines is 1. The number of hydrogen-bond donors (Lipinski definition) is 0. The van der Waals surface area contributed by atoms with Gasteiger partial charge in [0.2, 0.25) is 0 Å². The predicted molar refractivity (Wildman–Crippen MR) is 108 cm³/mol. The van der Waals surface area contributed by atoms with Crippen molar-refractivity contribution in [2.24, 2.45) is 5.10 Å². The molecule has 0 atom stereocenters. The van der Waals surface area contributed by atoms with E-state index in [9.17, 15) is 0 Å². The van der Waals surface area contributed by atoms with Gasteiger partial charge in [0.25, 0.3) is 0 Å². The summed E-state index contributed by atoms with van der Waals surface area (Å²) in [6.07, 6.45) is 1.98. The Balaban J connectivity index is 1.55. The summed E-state index contributed by atoms with van der Waals surface area (Å²) in [6.45, 7) is 12.8. The maximum atomic E-state index is 4.67. The number of aryl methyl sites for hydroxylation is 1. The van der Waals surface area contributed by atoms with Gasteiger partial charge < -0.3 is 4.90 Å². The lowest BCUT2D eigenvalue weighted by molar-refractivity contribution is 0.272. The van der Waals surface area contributed by atoms with E-state index in [4.69, 9.17) is 0 Å². The summed E-state index contributed by atoms with van der Waals surface area (Å²) in [5, 5.41) is 6.84. The highest BCUT2D eigenvalue weighted by molar-refractivity contribution is 5.79. The Labute approximate surface area is 152 Å². The molecule has 0 amide bonds. The first-order valence-corrected chi connectivity index (χ1v) is 9.13. The molecule has 2 aromatic carbocycles. The van der Waals surface area contributed by atoms with Crippen LogP contribution in [0.25, 0.3) is 0 Å². The number of hydrazone groups is 1. The van der Waals surface area contributed by atoms with Crippen molar-refractivity contribution in [3.63, 3.8) is 0 Å². The summed E-state index contributed by atoms with van der Waals surface area (Å²) in [4.78, 5) is 2.43. The summed E-state index contributed by atoms with van der Waals surface area (Å²) in [7, 11) is 0. The van der Waals surface area contributed by atoms with Gasteiger partial charge in [-0.1, -0.05) is 62.7 Å². The van der Waals surface area contributed by atoms with Gasteiger partial charge in [0.15, 0.2) is 0 Å². The zero-order valence-corrected chi connectivity index (χ0v) is 15.9. The number of hydrogen-bond acceptors (Lipinski definition) is 3. The molecule has 0 N–H and O–H groups in total. The summed E-state index contributed by atoms with van der Waals surface area (Å²) in [6, 6.07) is 17.5. The molecule has 0 aliphatic carbocycles. The van der Waals surface area contributed by atoms with Gasteiger partial charge in [-0.3, -0.25) is 5.01 Å². The van der Waals surface area contributed by atoms with E-state index in [1.165, 1.54) is 16.8 Å². The molecule has 0 spiro atoms. The summed E-state index contributed by atoms with van der Waals surface area (Å²) in [5.74, 6) is 0. The van der Waals surface area contributed by atoms with Gasteiger partial charge in [0, 0.05) is 18.8 Å². The van der Waals surface area contributed by atoms with Crippen LogP contribution in [0.3, 0.4) is 0 Å². The lowest BCUT2D eigenvalue weighted by Crippen LogP contribution is -2.44. The van der Waals surface area contributed by atoms with Crippen LogP contribution in [0.1, 0.15) is 37.5 Å². The maximum absolute atomic E-state index is 4.67. The monoisotopic (exact) mass is 335 g/mol. The van der Waals surface area contributed by atoms with Crippen molar-refractivity contribution in [1.82, 2.24) is 5.01 Å². The average Bonchev–Trinajstić information content (AvgIpc) is 2.61. The van der Waals surface area contributed by atoms with E-state index in [2.05, 4.69) is 91.2 Å². The third-order valence-corrected chi connectivity index (χ3v) is 4.80. The minimum absolute atomic E-state index is 0.196. The fourth-order valence-electron chi connectivity index (χ4n) is 3.04. The Morgan fingerprint density at radius 2 is 1.44 bits per heavy atom. The quantitative estimate of drug-likeness (QED) is 0.772. The van der Waals surface area contributed by atoms with E-state index in [-0.39, 0.29) is 5.41 Å². The Morgan fingerprint density at radius 1 is 0.840 bits per heavy atom. The van der Waals surface area contributed by atoms with Crippen LogP contribution in [-0.2, 0) is 5.41 Å². The molecule has 1 aliphatic rings. The van der Waals surface area contributed by atoms with Crippen LogP contribution in [0.4, 0.5) is 5.69 Å². The first-order chi connectivity index (χ1) is 11.9. The van der Waals surface area contributed by atoms with Crippen LogP contribution < -0.4 is 4.90 Å². The van der Waals surface area contributed by atoms with Crippen molar-refractivity contribution < 1.29 is 0 Å². The van der Waals surface area contributed by atoms with Crippen molar-refractivity contribution >= 4 is 11.9 Å². The normalized spacial score (nSPS) is 15.8. The molecule has 0 bridgehead atoms. The van der Waals surface area contributed by atoms with Crippen molar-refractivity contribution in [2.45, 2.75) is 33.1 Å². The Morgan fingerprint density at radius 3 is 2.00 bits per heavy atom. The first kappa shape index (κ1) is 17.5. The van der Waals surface area contributed by atoms with Crippen molar-refractivity contribution in [3.8, 4) is 0 Å². The highest BCUT2D eigenvalue weighted by Gasteiger charge is 2.15. The van der Waals surface area contributed by atoms with E-state index in [0.29, 0.717) is 0 Å². The van der Waals surface area contributed by atoms with Crippen LogP contribution in [0, 0.1) is 6.92 Å². The van der Waals surface area contributed by atoms with Gasteiger partial charge in [-0.2, -0.15) is 5.10 Å². The molecular weight excluding hydrogens is 306 g/mol. The first-order valence-electron chi connectivity index (χ1n) is 9.13. The SMILES string of the molecule is Cc1ccc(N2CCN(N=Cc3ccc(C(C)(C)C)cc3)CC2)cc1. The molecule has 132 valence electrons. The molecule has 2 aromatic rings. The van der Waals surface area contributed by atoms with Gasteiger partial charge >= 0.3 is 0 Å². The van der Waals surface area contributed by atoms with Crippen molar-refractivity contribution in [1.29, 1.82) is 0 Å². The fraction of sp³-hybridized carbons (Fsp3) is 0.409. The van der Waals surface area contributed by atoms with Gasteiger partial charge in [-0.05, 0) is 35.6 Å². The molecule has 3 rings (SSSR count). The third-order valence-electron chi connectivity index (χ3n) is 4.80. The molecule has 3 heteroatoms. The number of piperazine rings is 1. The largest absolute Gasteiger partial charge is 0.368 e. The Hall–Kier alpha value is -2.29. The Bertz CT molecular complexity index is 700.